The van der Waals surface area contributed by atoms with Gasteiger partial charge in [-0.2, -0.15) is 0 Å². The number of ether oxygens (including phenoxy) is 1. The number of nitrogens with one attached hydrogen (secondary N) is 1. The van der Waals surface area contributed by atoms with E-state index in [1.165, 1.54) is 0 Å². The summed E-state index contributed by atoms with van der Waals surface area (Å²) in [6.07, 6.45) is 0. The molecule has 0 saturated carbocycles. The first-order valence-corrected chi connectivity index (χ1v) is 5.87. The zero-order chi connectivity index (χ0) is 12.3. The maximum Gasteiger partial charge on any atom is 0.322 e. The summed E-state index contributed by atoms with van der Waals surface area (Å²) >= 11 is 11.5. The quantitative estimate of drug-likeness (QED) is 0.800. The van der Waals surface area contributed by atoms with Gasteiger partial charge in [-0.05, 0) is 12.1 Å². The van der Waals surface area contributed by atoms with Crippen LogP contribution in [0.5, 0.6) is 0 Å². The average molecular weight is 276 g/mol. The molecule has 92 valence electrons. The Labute approximate surface area is 109 Å². The van der Waals surface area contributed by atoms with Crippen molar-refractivity contribution < 1.29 is 9.53 Å². The predicted molar refractivity (Wildman–Crippen MR) is 65.7 cm³/mol. The molecule has 2 amide bonds. The number of morpholine rings is 1. The van der Waals surface area contributed by atoms with Gasteiger partial charge in [-0.3, -0.25) is 0 Å². The van der Waals surface area contributed by atoms with Crippen LogP contribution in [0, 0.1) is 0 Å². The highest BCUT2D eigenvalue weighted by atomic mass is 35.5. The maximum absolute atomic E-state index is 11.8. The van der Waals surface area contributed by atoms with E-state index in [0.29, 0.717) is 32.0 Å². The number of carbonyl (C=O) groups excluding carboxylic acids is 1. The second kappa shape index (κ2) is 5.53. The molecule has 2 rings (SSSR count). The monoisotopic (exact) mass is 275 g/mol. The van der Waals surface area contributed by atoms with Crippen molar-refractivity contribution in [1.29, 1.82) is 0 Å². The number of carbonyl (C=O) groups is 1. The lowest BCUT2D eigenvalue weighted by molar-refractivity contribution is 0.0564. The Hall–Kier alpha value is -1.04. The Bertz CT molecular complexity index is 402. The molecule has 1 aromatic heterocycles. The van der Waals surface area contributed by atoms with E-state index < -0.39 is 0 Å². The summed E-state index contributed by atoms with van der Waals surface area (Å²) in [5.74, 6) is 0. The van der Waals surface area contributed by atoms with Gasteiger partial charge in [0.1, 0.15) is 10.3 Å². The van der Waals surface area contributed by atoms with E-state index in [-0.39, 0.29) is 16.3 Å². The van der Waals surface area contributed by atoms with Crippen LogP contribution in [-0.4, -0.2) is 42.2 Å². The van der Waals surface area contributed by atoms with Gasteiger partial charge in [0.05, 0.1) is 13.2 Å². The third kappa shape index (κ3) is 3.46. The molecule has 0 unspecified atom stereocenters. The molecule has 0 radical (unpaired) electrons. The van der Waals surface area contributed by atoms with Crippen LogP contribution in [0.1, 0.15) is 0 Å². The lowest BCUT2D eigenvalue weighted by Gasteiger charge is -2.26. The minimum Gasteiger partial charge on any atom is -0.378 e. The van der Waals surface area contributed by atoms with Gasteiger partial charge in [-0.1, -0.05) is 23.2 Å². The number of hydrogen-bond acceptors (Lipinski definition) is 3. The largest absolute Gasteiger partial charge is 0.378 e. The third-order valence-electron chi connectivity index (χ3n) is 2.31. The molecule has 5 nitrogen and oxygen atoms in total. The molecule has 2 heterocycles. The predicted octanol–water partition coefficient (Wildman–Crippen LogP) is 2.25. The van der Waals surface area contributed by atoms with Gasteiger partial charge in [0.25, 0.3) is 0 Å². The molecular weight excluding hydrogens is 265 g/mol. The number of pyridine rings is 1. The van der Waals surface area contributed by atoms with Crippen LogP contribution in [0.4, 0.5) is 10.5 Å². The SMILES string of the molecule is O=C(Nc1cc(Cl)nc(Cl)c1)N1CCOCC1. The number of amides is 2. The van der Waals surface area contributed by atoms with Gasteiger partial charge in [0, 0.05) is 18.8 Å². The van der Waals surface area contributed by atoms with Crippen molar-refractivity contribution in [2.45, 2.75) is 0 Å². The van der Waals surface area contributed by atoms with Gasteiger partial charge in [0.15, 0.2) is 0 Å². The van der Waals surface area contributed by atoms with Crippen molar-refractivity contribution in [2.75, 3.05) is 31.6 Å². The van der Waals surface area contributed by atoms with Crippen molar-refractivity contribution in [1.82, 2.24) is 9.88 Å². The van der Waals surface area contributed by atoms with Gasteiger partial charge in [-0.25, -0.2) is 9.78 Å². The molecule has 0 aromatic carbocycles. The molecule has 1 saturated heterocycles. The molecule has 0 spiro atoms. The fourth-order valence-electron chi connectivity index (χ4n) is 1.51. The highest BCUT2D eigenvalue weighted by Gasteiger charge is 2.16. The number of anilines is 1. The van der Waals surface area contributed by atoms with E-state index in [2.05, 4.69) is 10.3 Å². The van der Waals surface area contributed by atoms with Crippen LogP contribution in [-0.2, 0) is 4.74 Å². The number of rotatable bonds is 1. The molecule has 1 aromatic rings. The van der Waals surface area contributed by atoms with E-state index in [1.807, 2.05) is 0 Å². The minimum atomic E-state index is -0.188. The van der Waals surface area contributed by atoms with Crippen LogP contribution >= 0.6 is 23.2 Å². The van der Waals surface area contributed by atoms with Crippen molar-refractivity contribution in [3.8, 4) is 0 Å². The van der Waals surface area contributed by atoms with Crippen LogP contribution in [0.3, 0.4) is 0 Å². The summed E-state index contributed by atoms with van der Waals surface area (Å²) in [6, 6.07) is 2.91. The van der Waals surface area contributed by atoms with Crippen molar-refractivity contribution in [3.63, 3.8) is 0 Å². The Morgan fingerprint density at radius 3 is 2.47 bits per heavy atom. The van der Waals surface area contributed by atoms with Gasteiger partial charge < -0.3 is 15.0 Å². The fraction of sp³-hybridized carbons (Fsp3) is 0.400. The Balaban J connectivity index is 2.01. The molecule has 1 fully saturated rings. The second-order valence-corrected chi connectivity index (χ2v) is 4.31. The lowest BCUT2D eigenvalue weighted by Crippen LogP contribution is -2.43. The van der Waals surface area contributed by atoms with E-state index in [4.69, 9.17) is 27.9 Å². The topological polar surface area (TPSA) is 54.5 Å². The fourth-order valence-corrected chi connectivity index (χ4v) is 1.97. The van der Waals surface area contributed by atoms with Crippen LogP contribution in [0.15, 0.2) is 12.1 Å². The third-order valence-corrected chi connectivity index (χ3v) is 2.70. The summed E-state index contributed by atoms with van der Waals surface area (Å²) in [4.78, 5) is 17.3. The first-order valence-electron chi connectivity index (χ1n) is 5.12. The number of nitrogens with zero attached hydrogens (tertiary/aromatic N) is 2. The second-order valence-electron chi connectivity index (χ2n) is 3.53. The molecule has 1 aliphatic rings. The summed E-state index contributed by atoms with van der Waals surface area (Å²) in [6.45, 7) is 2.29. The maximum atomic E-state index is 11.8. The Morgan fingerprint density at radius 1 is 1.29 bits per heavy atom. The molecule has 1 N–H and O–H groups in total. The smallest absolute Gasteiger partial charge is 0.322 e. The number of urea groups is 1. The molecular formula is C10H11Cl2N3O2. The molecule has 1 aliphatic heterocycles. The molecule has 7 heteroatoms. The first-order chi connectivity index (χ1) is 8.15. The standard InChI is InChI=1S/C10H11Cl2N3O2/c11-8-5-7(6-9(12)14-8)13-10(16)15-1-3-17-4-2-15/h5-6H,1-4H2,(H,13,14,16). The van der Waals surface area contributed by atoms with Crippen LogP contribution < -0.4 is 5.32 Å². The van der Waals surface area contributed by atoms with E-state index in [1.54, 1.807) is 17.0 Å². The highest BCUT2D eigenvalue weighted by Crippen LogP contribution is 2.19. The van der Waals surface area contributed by atoms with E-state index >= 15 is 0 Å². The Morgan fingerprint density at radius 2 is 1.88 bits per heavy atom. The molecule has 17 heavy (non-hydrogen) atoms. The normalized spacial score (nSPS) is 15.8. The number of halogens is 2. The molecule has 0 aliphatic carbocycles. The van der Waals surface area contributed by atoms with E-state index in [0.717, 1.165) is 0 Å². The van der Waals surface area contributed by atoms with Crippen molar-refractivity contribution >= 4 is 34.9 Å². The summed E-state index contributed by atoms with van der Waals surface area (Å²) in [7, 11) is 0. The first kappa shape index (κ1) is 12.4. The molecule has 0 atom stereocenters. The van der Waals surface area contributed by atoms with E-state index in [9.17, 15) is 4.79 Å². The van der Waals surface area contributed by atoms with Crippen LogP contribution in [0.25, 0.3) is 0 Å². The Kier molecular flexibility index (Phi) is 4.04. The number of aromatic nitrogens is 1. The lowest BCUT2D eigenvalue weighted by atomic mass is 10.4. The number of hydrogen-bond donors (Lipinski definition) is 1. The summed E-state index contributed by atoms with van der Waals surface area (Å²) < 4.78 is 5.16. The van der Waals surface area contributed by atoms with Crippen LogP contribution in [0.2, 0.25) is 10.3 Å². The summed E-state index contributed by atoms with van der Waals surface area (Å²) in [5, 5.41) is 3.21. The van der Waals surface area contributed by atoms with Crippen molar-refractivity contribution in [3.05, 3.63) is 22.4 Å². The van der Waals surface area contributed by atoms with Gasteiger partial charge >= 0.3 is 6.03 Å². The minimum absolute atomic E-state index is 0.188. The zero-order valence-electron chi connectivity index (χ0n) is 8.95. The highest BCUT2D eigenvalue weighted by molar-refractivity contribution is 6.32. The molecule has 0 bridgehead atoms. The average Bonchev–Trinajstić information content (AvgIpc) is 2.28. The summed E-state index contributed by atoms with van der Waals surface area (Å²) in [5.41, 5.74) is 0.534. The zero-order valence-corrected chi connectivity index (χ0v) is 10.5. The van der Waals surface area contributed by atoms with Gasteiger partial charge in [0.2, 0.25) is 0 Å². The van der Waals surface area contributed by atoms with Gasteiger partial charge in [-0.15, -0.1) is 0 Å². The van der Waals surface area contributed by atoms with Crippen molar-refractivity contribution in [2.24, 2.45) is 0 Å².